The van der Waals surface area contributed by atoms with Crippen molar-refractivity contribution in [2.75, 3.05) is 19.8 Å². The number of halogens is 1. The van der Waals surface area contributed by atoms with Gasteiger partial charge < -0.3 is 15.4 Å². The fourth-order valence-electron chi connectivity index (χ4n) is 1.72. The quantitative estimate of drug-likeness (QED) is 0.760. The number of piperidine rings is 1. The van der Waals surface area contributed by atoms with Crippen LogP contribution in [0.15, 0.2) is 0 Å². The summed E-state index contributed by atoms with van der Waals surface area (Å²) < 4.78 is 18.2. The van der Waals surface area contributed by atoms with E-state index in [-0.39, 0.29) is 0 Å². The van der Waals surface area contributed by atoms with Gasteiger partial charge in [-0.05, 0) is 46.7 Å². The topological polar surface area (TPSA) is 50.4 Å². The molecule has 94 valence electrons. The average Bonchev–Trinajstić information content (AvgIpc) is 2.16. The number of nitrogens with one attached hydrogen (secondary N) is 2. The summed E-state index contributed by atoms with van der Waals surface area (Å²) in [4.78, 5) is 11.6. The smallest absolute Gasteiger partial charge is 0.408 e. The van der Waals surface area contributed by atoms with E-state index in [1.807, 2.05) is 0 Å². The first-order chi connectivity index (χ1) is 7.37. The van der Waals surface area contributed by atoms with Crippen LogP contribution in [0.3, 0.4) is 0 Å². The van der Waals surface area contributed by atoms with Crippen LogP contribution in [0.25, 0.3) is 0 Å². The average molecular weight is 232 g/mol. The second-order valence-corrected chi connectivity index (χ2v) is 5.29. The van der Waals surface area contributed by atoms with Crippen molar-refractivity contribution in [3.8, 4) is 0 Å². The van der Waals surface area contributed by atoms with Crippen molar-refractivity contribution in [1.29, 1.82) is 0 Å². The zero-order valence-corrected chi connectivity index (χ0v) is 10.2. The molecule has 1 amide bonds. The van der Waals surface area contributed by atoms with Crippen molar-refractivity contribution in [2.24, 2.45) is 0 Å². The molecule has 0 unspecified atom stereocenters. The molecule has 0 aromatic carbocycles. The van der Waals surface area contributed by atoms with E-state index < -0.39 is 23.9 Å². The largest absolute Gasteiger partial charge is 0.444 e. The second-order valence-electron chi connectivity index (χ2n) is 5.29. The molecule has 0 aromatic heterocycles. The minimum absolute atomic E-state index is 0.535. The molecular formula is C11H21FN2O2. The Morgan fingerprint density at radius 2 is 2.00 bits per heavy atom. The Morgan fingerprint density at radius 1 is 1.44 bits per heavy atom. The van der Waals surface area contributed by atoms with Gasteiger partial charge in [-0.25, -0.2) is 9.18 Å². The molecule has 2 N–H and O–H groups in total. The number of hydrogen-bond donors (Lipinski definition) is 2. The third kappa shape index (κ3) is 3.96. The number of carbonyl (C=O) groups is 1. The van der Waals surface area contributed by atoms with Crippen LogP contribution in [0.5, 0.6) is 0 Å². The van der Waals surface area contributed by atoms with E-state index in [2.05, 4.69) is 10.6 Å². The Hall–Kier alpha value is -0.840. The molecule has 1 fully saturated rings. The molecule has 0 aromatic rings. The van der Waals surface area contributed by atoms with Crippen LogP contribution in [-0.2, 0) is 4.74 Å². The van der Waals surface area contributed by atoms with Gasteiger partial charge in [0.2, 0.25) is 0 Å². The SMILES string of the molecule is CC(C)(C)OC(=O)NC1(CF)CCNCC1. The van der Waals surface area contributed by atoms with Gasteiger partial charge in [-0.1, -0.05) is 0 Å². The Bertz CT molecular complexity index is 245. The third-order valence-electron chi connectivity index (χ3n) is 2.58. The Balaban J connectivity index is 2.52. The number of alkyl carbamates (subject to hydrolysis) is 1. The van der Waals surface area contributed by atoms with Gasteiger partial charge in [0.25, 0.3) is 0 Å². The van der Waals surface area contributed by atoms with Crippen LogP contribution in [-0.4, -0.2) is 37.0 Å². The van der Waals surface area contributed by atoms with E-state index in [9.17, 15) is 9.18 Å². The number of hydrogen-bond acceptors (Lipinski definition) is 3. The molecule has 16 heavy (non-hydrogen) atoms. The first kappa shape index (κ1) is 13.2. The van der Waals surface area contributed by atoms with Crippen LogP contribution in [0.1, 0.15) is 33.6 Å². The number of carbonyl (C=O) groups excluding carboxylic acids is 1. The molecule has 4 nitrogen and oxygen atoms in total. The van der Waals surface area contributed by atoms with E-state index in [1.54, 1.807) is 20.8 Å². The zero-order valence-electron chi connectivity index (χ0n) is 10.2. The van der Waals surface area contributed by atoms with Crippen molar-refractivity contribution in [2.45, 2.75) is 44.8 Å². The Morgan fingerprint density at radius 3 is 2.44 bits per heavy atom. The minimum Gasteiger partial charge on any atom is -0.444 e. The molecule has 0 spiro atoms. The molecule has 1 aliphatic heterocycles. The van der Waals surface area contributed by atoms with Crippen molar-refractivity contribution in [3.63, 3.8) is 0 Å². The third-order valence-corrected chi connectivity index (χ3v) is 2.58. The molecule has 1 heterocycles. The standard InChI is InChI=1S/C11H21FN2O2/c1-10(2,3)16-9(15)14-11(8-12)4-6-13-7-5-11/h13H,4-8H2,1-3H3,(H,14,15). The highest BCUT2D eigenvalue weighted by Crippen LogP contribution is 2.20. The first-order valence-electron chi connectivity index (χ1n) is 5.65. The summed E-state index contributed by atoms with van der Waals surface area (Å²) in [6.07, 6.45) is 0.665. The molecule has 0 saturated carbocycles. The van der Waals surface area contributed by atoms with E-state index in [0.29, 0.717) is 12.8 Å². The summed E-state index contributed by atoms with van der Waals surface area (Å²) in [6.45, 7) is 6.26. The Labute approximate surface area is 95.9 Å². The summed E-state index contributed by atoms with van der Waals surface area (Å²) >= 11 is 0. The van der Waals surface area contributed by atoms with E-state index in [1.165, 1.54) is 0 Å². The zero-order chi connectivity index (χ0) is 12.2. The van der Waals surface area contributed by atoms with Crippen molar-refractivity contribution in [3.05, 3.63) is 0 Å². The minimum atomic E-state index is -0.742. The van der Waals surface area contributed by atoms with Gasteiger partial charge in [-0.3, -0.25) is 0 Å². The van der Waals surface area contributed by atoms with Gasteiger partial charge in [0.05, 0.1) is 5.54 Å². The van der Waals surface area contributed by atoms with Gasteiger partial charge >= 0.3 is 6.09 Å². The lowest BCUT2D eigenvalue weighted by Crippen LogP contribution is -2.56. The predicted molar refractivity (Wildman–Crippen MR) is 60.2 cm³/mol. The van der Waals surface area contributed by atoms with Crippen LogP contribution < -0.4 is 10.6 Å². The number of ether oxygens (including phenoxy) is 1. The number of amides is 1. The second kappa shape index (κ2) is 4.99. The molecule has 1 aliphatic rings. The summed E-state index contributed by atoms with van der Waals surface area (Å²) in [5.74, 6) is 0. The highest BCUT2D eigenvalue weighted by Gasteiger charge is 2.35. The van der Waals surface area contributed by atoms with Gasteiger partial charge in [-0.2, -0.15) is 0 Å². The lowest BCUT2D eigenvalue weighted by Gasteiger charge is -2.36. The van der Waals surface area contributed by atoms with Gasteiger partial charge in [-0.15, -0.1) is 0 Å². The maximum atomic E-state index is 13.0. The fourth-order valence-corrected chi connectivity index (χ4v) is 1.72. The van der Waals surface area contributed by atoms with Crippen molar-refractivity contribution in [1.82, 2.24) is 10.6 Å². The monoisotopic (exact) mass is 232 g/mol. The van der Waals surface area contributed by atoms with E-state index in [4.69, 9.17) is 4.74 Å². The van der Waals surface area contributed by atoms with E-state index >= 15 is 0 Å². The van der Waals surface area contributed by atoms with Crippen molar-refractivity contribution < 1.29 is 13.9 Å². The highest BCUT2D eigenvalue weighted by molar-refractivity contribution is 5.68. The summed E-state index contributed by atoms with van der Waals surface area (Å²) in [5, 5.41) is 5.80. The first-order valence-corrected chi connectivity index (χ1v) is 5.65. The molecule has 0 atom stereocenters. The molecular weight excluding hydrogens is 211 g/mol. The lowest BCUT2D eigenvalue weighted by molar-refractivity contribution is 0.0404. The highest BCUT2D eigenvalue weighted by atomic mass is 19.1. The summed E-state index contributed by atoms with van der Waals surface area (Å²) in [7, 11) is 0. The number of alkyl halides is 1. The van der Waals surface area contributed by atoms with Crippen molar-refractivity contribution >= 4 is 6.09 Å². The number of rotatable bonds is 2. The Kier molecular flexibility index (Phi) is 4.13. The lowest BCUT2D eigenvalue weighted by atomic mass is 9.90. The van der Waals surface area contributed by atoms with Crippen LogP contribution in [0.2, 0.25) is 0 Å². The molecule has 0 bridgehead atoms. The maximum absolute atomic E-state index is 13.0. The molecule has 0 aliphatic carbocycles. The molecule has 0 radical (unpaired) electrons. The predicted octanol–water partition coefficient (Wildman–Crippen LogP) is 1.60. The van der Waals surface area contributed by atoms with Crippen LogP contribution in [0, 0.1) is 0 Å². The van der Waals surface area contributed by atoms with E-state index in [0.717, 1.165) is 13.1 Å². The van der Waals surface area contributed by atoms with Gasteiger partial charge in [0.1, 0.15) is 12.3 Å². The van der Waals surface area contributed by atoms with Crippen LogP contribution >= 0.6 is 0 Å². The summed E-state index contributed by atoms with van der Waals surface area (Å²) in [5.41, 5.74) is -1.29. The normalized spacial score (nSPS) is 20.2. The van der Waals surface area contributed by atoms with Gasteiger partial charge in [0.15, 0.2) is 0 Å². The molecule has 1 saturated heterocycles. The fraction of sp³-hybridized carbons (Fsp3) is 0.909. The van der Waals surface area contributed by atoms with Gasteiger partial charge in [0, 0.05) is 0 Å². The molecule has 1 rings (SSSR count). The van der Waals surface area contributed by atoms with Crippen LogP contribution in [0.4, 0.5) is 9.18 Å². The summed E-state index contributed by atoms with van der Waals surface area (Å²) in [6, 6.07) is 0. The molecule has 5 heteroatoms. The maximum Gasteiger partial charge on any atom is 0.408 e.